The second kappa shape index (κ2) is 5.49. The second-order valence-corrected chi connectivity index (χ2v) is 4.98. The van der Waals surface area contributed by atoms with Crippen molar-refractivity contribution >= 4 is 0 Å². The van der Waals surface area contributed by atoms with E-state index < -0.39 is 0 Å². The second-order valence-electron chi connectivity index (χ2n) is 4.98. The van der Waals surface area contributed by atoms with Gasteiger partial charge in [0.2, 0.25) is 0 Å². The molecule has 0 spiro atoms. The fourth-order valence-corrected chi connectivity index (χ4v) is 2.64. The highest BCUT2D eigenvalue weighted by Crippen LogP contribution is 2.50. The van der Waals surface area contributed by atoms with Gasteiger partial charge in [0, 0.05) is 6.04 Å². The van der Waals surface area contributed by atoms with Crippen molar-refractivity contribution < 1.29 is 0 Å². The van der Waals surface area contributed by atoms with Gasteiger partial charge in [-0.3, -0.25) is 0 Å². The Labute approximate surface area is 99.3 Å². The lowest BCUT2D eigenvalue weighted by atomic mass is 10.0. The quantitative estimate of drug-likeness (QED) is 0.768. The first kappa shape index (κ1) is 11.7. The summed E-state index contributed by atoms with van der Waals surface area (Å²) in [4.78, 5) is 0. The molecule has 3 unspecified atom stereocenters. The minimum Gasteiger partial charge on any atom is -0.317 e. The summed E-state index contributed by atoms with van der Waals surface area (Å²) in [5.74, 6) is 1.81. The van der Waals surface area contributed by atoms with Crippen LogP contribution in [0.2, 0.25) is 0 Å². The average molecular weight is 217 g/mol. The Morgan fingerprint density at radius 1 is 1.31 bits per heavy atom. The SMILES string of the molecule is CCC(CCC1CC1c1ccccc1)NC. The summed E-state index contributed by atoms with van der Waals surface area (Å²) in [7, 11) is 2.08. The molecule has 0 aromatic heterocycles. The van der Waals surface area contributed by atoms with Gasteiger partial charge in [0.15, 0.2) is 0 Å². The number of hydrogen-bond acceptors (Lipinski definition) is 1. The Bertz CT molecular complexity index is 302. The van der Waals surface area contributed by atoms with Crippen LogP contribution in [-0.2, 0) is 0 Å². The van der Waals surface area contributed by atoms with Crippen molar-refractivity contribution in [2.24, 2.45) is 5.92 Å². The molecule has 0 bridgehead atoms. The zero-order valence-corrected chi connectivity index (χ0v) is 10.4. The molecule has 1 aromatic rings. The monoisotopic (exact) mass is 217 g/mol. The maximum absolute atomic E-state index is 3.39. The Kier molecular flexibility index (Phi) is 4.00. The van der Waals surface area contributed by atoms with Gasteiger partial charge >= 0.3 is 0 Å². The largest absolute Gasteiger partial charge is 0.317 e. The molecule has 3 atom stereocenters. The van der Waals surface area contributed by atoms with E-state index in [9.17, 15) is 0 Å². The summed E-state index contributed by atoms with van der Waals surface area (Å²) in [6, 6.07) is 11.7. The van der Waals surface area contributed by atoms with Crippen molar-refractivity contribution in [2.75, 3.05) is 7.05 Å². The zero-order chi connectivity index (χ0) is 11.4. The maximum atomic E-state index is 3.39. The molecule has 1 saturated carbocycles. The van der Waals surface area contributed by atoms with Crippen molar-refractivity contribution in [3.63, 3.8) is 0 Å². The molecule has 1 heteroatoms. The molecule has 16 heavy (non-hydrogen) atoms. The minimum absolute atomic E-state index is 0.719. The molecule has 1 aliphatic carbocycles. The van der Waals surface area contributed by atoms with Gasteiger partial charge in [0.05, 0.1) is 0 Å². The van der Waals surface area contributed by atoms with E-state index in [0.717, 1.165) is 17.9 Å². The smallest absolute Gasteiger partial charge is 0.00615 e. The first-order chi connectivity index (χ1) is 7.85. The van der Waals surface area contributed by atoms with Crippen LogP contribution < -0.4 is 5.32 Å². The van der Waals surface area contributed by atoms with Gasteiger partial charge in [-0.15, -0.1) is 0 Å². The van der Waals surface area contributed by atoms with Crippen molar-refractivity contribution in [1.29, 1.82) is 0 Å². The first-order valence-corrected chi connectivity index (χ1v) is 6.57. The molecule has 1 N–H and O–H groups in total. The molecule has 88 valence electrons. The van der Waals surface area contributed by atoms with E-state index >= 15 is 0 Å². The first-order valence-electron chi connectivity index (χ1n) is 6.57. The molecular formula is C15H23N. The van der Waals surface area contributed by atoms with Gasteiger partial charge in [-0.25, -0.2) is 0 Å². The van der Waals surface area contributed by atoms with Gasteiger partial charge in [-0.2, -0.15) is 0 Å². The van der Waals surface area contributed by atoms with E-state index in [1.54, 1.807) is 5.56 Å². The van der Waals surface area contributed by atoms with Crippen molar-refractivity contribution in [3.8, 4) is 0 Å². The fourth-order valence-electron chi connectivity index (χ4n) is 2.64. The highest BCUT2D eigenvalue weighted by Gasteiger charge is 2.37. The minimum atomic E-state index is 0.719. The van der Waals surface area contributed by atoms with Crippen LogP contribution in [0.4, 0.5) is 0 Å². The third-order valence-corrected chi connectivity index (χ3v) is 3.94. The van der Waals surface area contributed by atoms with E-state index in [4.69, 9.17) is 0 Å². The van der Waals surface area contributed by atoms with Gasteiger partial charge in [-0.05, 0) is 50.1 Å². The van der Waals surface area contributed by atoms with Crippen LogP contribution in [0, 0.1) is 5.92 Å². The predicted octanol–water partition coefficient (Wildman–Crippen LogP) is 3.57. The molecule has 1 aromatic carbocycles. The highest BCUT2D eigenvalue weighted by atomic mass is 14.9. The third kappa shape index (κ3) is 2.85. The van der Waals surface area contributed by atoms with Crippen LogP contribution in [0.3, 0.4) is 0 Å². The summed E-state index contributed by atoms with van der Waals surface area (Å²) in [5, 5.41) is 3.39. The van der Waals surface area contributed by atoms with Crippen molar-refractivity contribution in [3.05, 3.63) is 35.9 Å². The summed E-state index contributed by atoms with van der Waals surface area (Å²) in [5.41, 5.74) is 1.55. The van der Waals surface area contributed by atoms with E-state index in [-0.39, 0.29) is 0 Å². The molecule has 0 aliphatic heterocycles. The lowest BCUT2D eigenvalue weighted by molar-refractivity contribution is 0.473. The normalized spacial score (nSPS) is 25.4. The molecule has 0 amide bonds. The van der Waals surface area contributed by atoms with Gasteiger partial charge in [0.25, 0.3) is 0 Å². The summed E-state index contributed by atoms with van der Waals surface area (Å²) in [6.07, 6.45) is 5.38. The molecular weight excluding hydrogens is 194 g/mol. The Hall–Kier alpha value is -0.820. The predicted molar refractivity (Wildman–Crippen MR) is 69.7 cm³/mol. The third-order valence-electron chi connectivity index (χ3n) is 3.94. The van der Waals surface area contributed by atoms with Crippen molar-refractivity contribution in [1.82, 2.24) is 5.32 Å². The fraction of sp³-hybridized carbons (Fsp3) is 0.600. The van der Waals surface area contributed by atoms with Gasteiger partial charge in [0.1, 0.15) is 0 Å². The Balaban J connectivity index is 1.75. The van der Waals surface area contributed by atoms with E-state index in [0.29, 0.717) is 0 Å². The van der Waals surface area contributed by atoms with E-state index in [2.05, 4.69) is 49.6 Å². The molecule has 0 saturated heterocycles. The number of rotatable bonds is 6. The molecule has 0 radical (unpaired) electrons. The van der Waals surface area contributed by atoms with Crippen LogP contribution in [0.25, 0.3) is 0 Å². The topological polar surface area (TPSA) is 12.0 Å². The molecule has 0 heterocycles. The van der Waals surface area contributed by atoms with E-state index in [1.165, 1.54) is 25.7 Å². The van der Waals surface area contributed by atoms with Gasteiger partial charge < -0.3 is 5.32 Å². The van der Waals surface area contributed by atoms with Crippen LogP contribution in [-0.4, -0.2) is 13.1 Å². The highest BCUT2D eigenvalue weighted by molar-refractivity contribution is 5.25. The molecule has 1 nitrogen and oxygen atoms in total. The van der Waals surface area contributed by atoms with Crippen LogP contribution in [0.1, 0.15) is 44.1 Å². The van der Waals surface area contributed by atoms with Crippen LogP contribution in [0.15, 0.2) is 30.3 Å². The van der Waals surface area contributed by atoms with E-state index in [1.807, 2.05) is 0 Å². The molecule has 1 aliphatic rings. The summed E-state index contributed by atoms with van der Waals surface area (Å²) >= 11 is 0. The standard InChI is InChI=1S/C15H23N/c1-3-14(16-2)10-9-13-11-15(13)12-7-5-4-6-8-12/h4-8,13-16H,3,9-11H2,1-2H3. The van der Waals surface area contributed by atoms with Crippen LogP contribution in [0.5, 0.6) is 0 Å². The molecule has 2 rings (SSSR count). The lowest BCUT2D eigenvalue weighted by Gasteiger charge is -2.12. The number of benzene rings is 1. The zero-order valence-electron chi connectivity index (χ0n) is 10.4. The maximum Gasteiger partial charge on any atom is 0.00615 e. The van der Waals surface area contributed by atoms with Crippen LogP contribution >= 0.6 is 0 Å². The van der Waals surface area contributed by atoms with Gasteiger partial charge in [-0.1, -0.05) is 37.3 Å². The average Bonchev–Trinajstić information content (AvgIpc) is 3.11. The lowest BCUT2D eigenvalue weighted by Crippen LogP contribution is -2.23. The number of hydrogen-bond donors (Lipinski definition) is 1. The number of nitrogens with one attached hydrogen (secondary N) is 1. The Morgan fingerprint density at radius 3 is 2.69 bits per heavy atom. The van der Waals surface area contributed by atoms with Crippen molar-refractivity contribution in [2.45, 2.75) is 44.6 Å². The Morgan fingerprint density at radius 2 is 2.06 bits per heavy atom. The summed E-state index contributed by atoms with van der Waals surface area (Å²) in [6.45, 7) is 2.27. The summed E-state index contributed by atoms with van der Waals surface area (Å²) < 4.78 is 0. The molecule has 1 fully saturated rings.